The summed E-state index contributed by atoms with van der Waals surface area (Å²) in [6.07, 6.45) is 0.968. The lowest BCUT2D eigenvalue weighted by Gasteiger charge is -2.23. The van der Waals surface area contributed by atoms with Crippen LogP contribution >= 0.6 is 23.2 Å². The topological polar surface area (TPSA) is 61.4 Å². The number of benzene rings is 1. The van der Waals surface area contributed by atoms with Crippen LogP contribution in [-0.2, 0) is 4.79 Å². The van der Waals surface area contributed by atoms with Gasteiger partial charge in [-0.25, -0.2) is 0 Å². The molecule has 110 valence electrons. The third-order valence-corrected chi connectivity index (χ3v) is 4.13. The molecule has 0 aromatic heterocycles. The van der Waals surface area contributed by atoms with E-state index in [0.717, 1.165) is 19.4 Å². The molecule has 0 bridgehead atoms. The maximum atomic E-state index is 12.0. The summed E-state index contributed by atoms with van der Waals surface area (Å²) in [5.41, 5.74) is 0.456. The molecule has 1 aromatic rings. The van der Waals surface area contributed by atoms with Crippen LogP contribution in [0.4, 0.5) is 0 Å². The van der Waals surface area contributed by atoms with E-state index >= 15 is 0 Å². The number of nitrogens with one attached hydrogen (secondary N) is 2. The van der Waals surface area contributed by atoms with E-state index in [-0.39, 0.29) is 18.4 Å². The van der Waals surface area contributed by atoms with Crippen molar-refractivity contribution in [1.82, 2.24) is 10.6 Å². The Morgan fingerprint density at radius 1 is 1.45 bits per heavy atom. The molecule has 2 rings (SSSR count). The molecule has 0 saturated carbocycles. The SMILES string of the molecule is O=C(NCC(O)c1c(Cl)cccc1Cl)C1CCCNC1. The minimum atomic E-state index is -0.906. The molecule has 1 aromatic carbocycles. The molecule has 2 atom stereocenters. The second-order valence-electron chi connectivity index (χ2n) is 4.94. The van der Waals surface area contributed by atoms with Crippen molar-refractivity contribution in [2.75, 3.05) is 19.6 Å². The van der Waals surface area contributed by atoms with E-state index in [1.807, 2.05) is 0 Å². The smallest absolute Gasteiger partial charge is 0.224 e. The Balaban J connectivity index is 1.91. The van der Waals surface area contributed by atoms with Crippen molar-refractivity contribution in [2.24, 2.45) is 5.92 Å². The van der Waals surface area contributed by atoms with Gasteiger partial charge in [-0.05, 0) is 31.5 Å². The normalized spacial score (nSPS) is 20.4. The second-order valence-corrected chi connectivity index (χ2v) is 5.75. The summed E-state index contributed by atoms with van der Waals surface area (Å²) in [5, 5.41) is 16.9. The predicted octanol–water partition coefficient (Wildman–Crippen LogP) is 2.14. The van der Waals surface area contributed by atoms with Crippen molar-refractivity contribution in [1.29, 1.82) is 0 Å². The number of aliphatic hydroxyl groups excluding tert-OH is 1. The van der Waals surface area contributed by atoms with Crippen LogP contribution in [0.3, 0.4) is 0 Å². The highest BCUT2D eigenvalue weighted by molar-refractivity contribution is 6.36. The molecular formula is C14H18Cl2N2O2. The highest BCUT2D eigenvalue weighted by Crippen LogP contribution is 2.29. The first-order valence-corrected chi connectivity index (χ1v) is 7.45. The van der Waals surface area contributed by atoms with Crippen LogP contribution in [-0.4, -0.2) is 30.6 Å². The van der Waals surface area contributed by atoms with Gasteiger partial charge in [0.2, 0.25) is 5.91 Å². The molecule has 1 saturated heterocycles. The van der Waals surface area contributed by atoms with Crippen molar-refractivity contribution >= 4 is 29.1 Å². The number of piperidine rings is 1. The van der Waals surface area contributed by atoms with Crippen molar-refractivity contribution in [2.45, 2.75) is 18.9 Å². The summed E-state index contributed by atoms with van der Waals surface area (Å²) in [6, 6.07) is 5.05. The van der Waals surface area contributed by atoms with Gasteiger partial charge in [-0.3, -0.25) is 4.79 Å². The standard InChI is InChI=1S/C14H18Cl2N2O2/c15-10-4-1-5-11(16)13(10)12(19)8-18-14(20)9-3-2-6-17-7-9/h1,4-5,9,12,17,19H,2-3,6-8H2,(H,18,20). The number of rotatable bonds is 4. The second kappa shape index (κ2) is 7.27. The van der Waals surface area contributed by atoms with Gasteiger partial charge in [-0.2, -0.15) is 0 Å². The molecular weight excluding hydrogens is 299 g/mol. The quantitative estimate of drug-likeness (QED) is 0.797. The van der Waals surface area contributed by atoms with Gasteiger partial charge in [0.25, 0.3) is 0 Å². The summed E-state index contributed by atoms with van der Waals surface area (Å²) in [7, 11) is 0. The first-order chi connectivity index (χ1) is 9.59. The van der Waals surface area contributed by atoms with Crippen LogP contribution in [0, 0.1) is 5.92 Å². The highest BCUT2D eigenvalue weighted by Gasteiger charge is 2.22. The summed E-state index contributed by atoms with van der Waals surface area (Å²) >= 11 is 12.0. The lowest BCUT2D eigenvalue weighted by atomic mass is 9.98. The van der Waals surface area contributed by atoms with Crippen molar-refractivity contribution in [3.63, 3.8) is 0 Å². The number of amides is 1. The van der Waals surface area contributed by atoms with Gasteiger partial charge in [0.05, 0.1) is 12.0 Å². The lowest BCUT2D eigenvalue weighted by Crippen LogP contribution is -2.41. The van der Waals surface area contributed by atoms with Gasteiger partial charge < -0.3 is 15.7 Å². The van der Waals surface area contributed by atoms with Gasteiger partial charge in [0.1, 0.15) is 0 Å². The molecule has 6 heteroatoms. The molecule has 0 spiro atoms. The number of aliphatic hydroxyl groups is 1. The Hall–Kier alpha value is -0.810. The van der Waals surface area contributed by atoms with E-state index < -0.39 is 6.10 Å². The van der Waals surface area contributed by atoms with Crippen LogP contribution in [0.2, 0.25) is 10.0 Å². The van der Waals surface area contributed by atoms with E-state index in [1.165, 1.54) is 0 Å². The average Bonchev–Trinajstić information content (AvgIpc) is 2.45. The number of hydrogen-bond acceptors (Lipinski definition) is 3. The van der Waals surface area contributed by atoms with Crippen LogP contribution in [0.1, 0.15) is 24.5 Å². The molecule has 0 aliphatic carbocycles. The van der Waals surface area contributed by atoms with Gasteiger partial charge in [-0.1, -0.05) is 29.3 Å². The zero-order valence-corrected chi connectivity index (χ0v) is 12.5. The van der Waals surface area contributed by atoms with Gasteiger partial charge in [0.15, 0.2) is 0 Å². The fourth-order valence-electron chi connectivity index (χ4n) is 2.35. The Morgan fingerprint density at radius 3 is 2.75 bits per heavy atom. The third kappa shape index (κ3) is 3.85. The van der Waals surface area contributed by atoms with E-state index in [0.29, 0.717) is 22.2 Å². The van der Waals surface area contributed by atoms with Gasteiger partial charge in [0, 0.05) is 28.7 Å². The first-order valence-electron chi connectivity index (χ1n) is 6.70. The number of carbonyl (C=O) groups excluding carboxylic acids is 1. The monoisotopic (exact) mass is 316 g/mol. The maximum absolute atomic E-state index is 12.0. The van der Waals surface area contributed by atoms with E-state index in [2.05, 4.69) is 10.6 Å². The molecule has 0 radical (unpaired) electrons. The minimum Gasteiger partial charge on any atom is -0.386 e. The van der Waals surface area contributed by atoms with E-state index in [4.69, 9.17) is 23.2 Å². The molecule has 1 amide bonds. The Kier molecular flexibility index (Phi) is 5.66. The highest BCUT2D eigenvalue weighted by atomic mass is 35.5. The van der Waals surface area contributed by atoms with Crippen molar-refractivity contribution in [3.05, 3.63) is 33.8 Å². The Morgan fingerprint density at radius 2 is 2.15 bits per heavy atom. The number of carbonyl (C=O) groups is 1. The molecule has 1 aliphatic heterocycles. The molecule has 1 fully saturated rings. The molecule has 3 N–H and O–H groups in total. The fourth-order valence-corrected chi connectivity index (χ4v) is 3.00. The molecule has 20 heavy (non-hydrogen) atoms. The third-order valence-electron chi connectivity index (χ3n) is 3.47. The Labute approximate surface area is 128 Å². The summed E-state index contributed by atoms with van der Waals surface area (Å²) in [5.74, 6) is -0.0721. The summed E-state index contributed by atoms with van der Waals surface area (Å²) in [6.45, 7) is 1.76. The van der Waals surface area contributed by atoms with Crippen LogP contribution in [0.15, 0.2) is 18.2 Å². The molecule has 2 unspecified atom stereocenters. The van der Waals surface area contributed by atoms with E-state index in [1.54, 1.807) is 18.2 Å². The average molecular weight is 317 g/mol. The Bertz CT molecular complexity index is 456. The zero-order valence-electron chi connectivity index (χ0n) is 11.0. The largest absolute Gasteiger partial charge is 0.386 e. The van der Waals surface area contributed by atoms with Crippen LogP contribution < -0.4 is 10.6 Å². The van der Waals surface area contributed by atoms with Crippen molar-refractivity contribution in [3.8, 4) is 0 Å². The van der Waals surface area contributed by atoms with E-state index in [9.17, 15) is 9.90 Å². The van der Waals surface area contributed by atoms with Gasteiger partial charge >= 0.3 is 0 Å². The molecule has 1 heterocycles. The summed E-state index contributed by atoms with van der Waals surface area (Å²) in [4.78, 5) is 12.0. The predicted molar refractivity (Wildman–Crippen MR) is 80.0 cm³/mol. The zero-order chi connectivity index (χ0) is 14.5. The van der Waals surface area contributed by atoms with Crippen LogP contribution in [0.25, 0.3) is 0 Å². The molecule has 1 aliphatic rings. The first kappa shape index (κ1) is 15.6. The number of hydrogen-bond donors (Lipinski definition) is 3. The fraction of sp³-hybridized carbons (Fsp3) is 0.500. The maximum Gasteiger partial charge on any atom is 0.224 e. The van der Waals surface area contributed by atoms with Crippen LogP contribution in [0.5, 0.6) is 0 Å². The molecule has 4 nitrogen and oxygen atoms in total. The minimum absolute atomic E-state index is 0.0299. The van der Waals surface area contributed by atoms with Gasteiger partial charge in [-0.15, -0.1) is 0 Å². The summed E-state index contributed by atoms with van der Waals surface area (Å²) < 4.78 is 0. The van der Waals surface area contributed by atoms with Crippen molar-refractivity contribution < 1.29 is 9.90 Å². The number of halogens is 2. The lowest BCUT2D eigenvalue weighted by molar-refractivity contribution is -0.125.